The standard InChI is InChI=1S/C27H25ClN6O3/c28-19-10-13-23(29-16-19)31-24(35)17-34-22-7-3-2-6-21(22)25(32-34)26(36)30-20-11-8-18(9-12-20)27(37)33-14-4-1-5-15-33/h2-3,6-13,16H,1,4-5,14-15,17H2,(H,30,36)(H,29,31,35). The number of rotatable bonds is 6. The van der Waals surface area contributed by atoms with Crippen molar-refractivity contribution in [1.29, 1.82) is 0 Å². The third-order valence-corrected chi connectivity index (χ3v) is 6.42. The Hall–Kier alpha value is -4.24. The average molecular weight is 517 g/mol. The molecule has 2 aromatic heterocycles. The predicted octanol–water partition coefficient (Wildman–Crippen LogP) is 4.60. The number of pyridine rings is 1. The summed E-state index contributed by atoms with van der Waals surface area (Å²) in [4.78, 5) is 44.4. The van der Waals surface area contributed by atoms with Crippen LogP contribution in [-0.2, 0) is 11.3 Å². The number of anilines is 2. The number of amides is 3. The molecule has 9 nitrogen and oxygen atoms in total. The van der Waals surface area contributed by atoms with Gasteiger partial charge in [0.15, 0.2) is 5.69 Å². The van der Waals surface area contributed by atoms with E-state index in [2.05, 4.69) is 20.7 Å². The number of para-hydroxylation sites is 1. The van der Waals surface area contributed by atoms with Crippen LogP contribution in [0.2, 0.25) is 5.02 Å². The molecular weight excluding hydrogens is 492 g/mol. The van der Waals surface area contributed by atoms with Crippen LogP contribution in [0.1, 0.15) is 40.1 Å². The first-order chi connectivity index (χ1) is 18.0. The van der Waals surface area contributed by atoms with E-state index >= 15 is 0 Å². The zero-order chi connectivity index (χ0) is 25.8. The molecule has 37 heavy (non-hydrogen) atoms. The highest BCUT2D eigenvalue weighted by Gasteiger charge is 2.20. The first-order valence-corrected chi connectivity index (χ1v) is 12.4. The molecule has 1 fully saturated rings. The molecule has 2 N–H and O–H groups in total. The molecule has 1 aliphatic rings. The normalized spacial score (nSPS) is 13.4. The molecular formula is C27H25ClN6O3. The van der Waals surface area contributed by atoms with E-state index in [1.807, 2.05) is 17.0 Å². The van der Waals surface area contributed by atoms with Gasteiger partial charge >= 0.3 is 0 Å². The molecule has 5 rings (SSSR count). The molecule has 3 amide bonds. The van der Waals surface area contributed by atoms with Gasteiger partial charge in [-0.2, -0.15) is 5.10 Å². The van der Waals surface area contributed by atoms with Crippen LogP contribution in [0.5, 0.6) is 0 Å². The summed E-state index contributed by atoms with van der Waals surface area (Å²) in [5.41, 5.74) is 1.98. The van der Waals surface area contributed by atoms with Crippen molar-refractivity contribution in [1.82, 2.24) is 19.7 Å². The number of halogens is 1. The summed E-state index contributed by atoms with van der Waals surface area (Å²) >= 11 is 5.84. The van der Waals surface area contributed by atoms with E-state index < -0.39 is 5.91 Å². The Labute approximate surface area is 218 Å². The second kappa shape index (κ2) is 10.8. The molecule has 10 heteroatoms. The number of benzene rings is 2. The Morgan fingerprint density at radius 2 is 1.65 bits per heavy atom. The minimum absolute atomic E-state index is 0.00869. The molecule has 0 unspecified atom stereocenters. The van der Waals surface area contributed by atoms with E-state index in [0.717, 1.165) is 32.4 Å². The van der Waals surface area contributed by atoms with Gasteiger partial charge in [0.1, 0.15) is 12.4 Å². The predicted molar refractivity (Wildman–Crippen MR) is 142 cm³/mol. The van der Waals surface area contributed by atoms with E-state index in [1.54, 1.807) is 48.5 Å². The van der Waals surface area contributed by atoms with Gasteiger partial charge in [-0.15, -0.1) is 0 Å². The number of aromatic nitrogens is 3. The fraction of sp³-hybridized carbons (Fsp3) is 0.222. The highest BCUT2D eigenvalue weighted by molar-refractivity contribution is 6.30. The average Bonchev–Trinajstić information content (AvgIpc) is 3.29. The third kappa shape index (κ3) is 5.62. The first kappa shape index (κ1) is 24.5. The largest absolute Gasteiger partial charge is 0.339 e. The van der Waals surface area contributed by atoms with Crippen molar-refractivity contribution in [2.24, 2.45) is 0 Å². The molecule has 1 saturated heterocycles. The van der Waals surface area contributed by atoms with Gasteiger partial charge in [0.2, 0.25) is 5.91 Å². The van der Waals surface area contributed by atoms with Gasteiger partial charge in [-0.05, 0) is 61.7 Å². The number of hydrogen-bond acceptors (Lipinski definition) is 5. The molecule has 0 radical (unpaired) electrons. The topological polar surface area (TPSA) is 109 Å². The molecule has 0 aliphatic carbocycles. The molecule has 0 spiro atoms. The number of nitrogens with one attached hydrogen (secondary N) is 2. The number of nitrogens with zero attached hydrogens (tertiary/aromatic N) is 4. The molecule has 3 heterocycles. The maximum atomic E-state index is 13.1. The van der Waals surface area contributed by atoms with Gasteiger partial charge in [-0.3, -0.25) is 19.1 Å². The van der Waals surface area contributed by atoms with E-state index in [-0.39, 0.29) is 24.1 Å². The summed E-state index contributed by atoms with van der Waals surface area (Å²) in [6, 6.07) is 17.3. The molecule has 4 aromatic rings. The summed E-state index contributed by atoms with van der Waals surface area (Å²) in [7, 11) is 0. The number of piperidine rings is 1. The lowest BCUT2D eigenvalue weighted by Crippen LogP contribution is -2.35. The second-order valence-electron chi connectivity index (χ2n) is 8.82. The lowest BCUT2D eigenvalue weighted by atomic mass is 10.1. The van der Waals surface area contributed by atoms with Crippen molar-refractivity contribution in [3.63, 3.8) is 0 Å². The molecule has 1 aliphatic heterocycles. The van der Waals surface area contributed by atoms with E-state index in [1.165, 1.54) is 10.9 Å². The van der Waals surface area contributed by atoms with Gasteiger partial charge < -0.3 is 15.5 Å². The van der Waals surface area contributed by atoms with E-state index in [0.29, 0.717) is 33.0 Å². The highest BCUT2D eigenvalue weighted by atomic mass is 35.5. The zero-order valence-corrected chi connectivity index (χ0v) is 20.7. The fourth-order valence-electron chi connectivity index (χ4n) is 4.35. The third-order valence-electron chi connectivity index (χ3n) is 6.19. The highest BCUT2D eigenvalue weighted by Crippen LogP contribution is 2.21. The minimum Gasteiger partial charge on any atom is -0.339 e. The summed E-state index contributed by atoms with van der Waals surface area (Å²) in [6.45, 7) is 1.45. The van der Waals surface area contributed by atoms with Crippen LogP contribution in [0.15, 0.2) is 66.9 Å². The Bertz CT molecular complexity index is 1440. The van der Waals surface area contributed by atoms with Crippen LogP contribution in [0, 0.1) is 0 Å². The van der Waals surface area contributed by atoms with Crippen molar-refractivity contribution < 1.29 is 14.4 Å². The van der Waals surface area contributed by atoms with Gasteiger partial charge in [0, 0.05) is 35.9 Å². The maximum Gasteiger partial charge on any atom is 0.276 e. The number of carbonyl (C=O) groups excluding carboxylic acids is 3. The van der Waals surface area contributed by atoms with Crippen LogP contribution in [0.3, 0.4) is 0 Å². The van der Waals surface area contributed by atoms with Crippen LogP contribution >= 0.6 is 11.6 Å². The van der Waals surface area contributed by atoms with Crippen LogP contribution in [0.25, 0.3) is 10.9 Å². The first-order valence-electron chi connectivity index (χ1n) is 12.1. The lowest BCUT2D eigenvalue weighted by Gasteiger charge is -2.26. The number of hydrogen-bond donors (Lipinski definition) is 2. The van der Waals surface area contributed by atoms with E-state index in [9.17, 15) is 14.4 Å². The van der Waals surface area contributed by atoms with Gasteiger partial charge in [0.25, 0.3) is 11.8 Å². The van der Waals surface area contributed by atoms with Gasteiger partial charge in [0.05, 0.1) is 10.5 Å². The van der Waals surface area contributed by atoms with Crippen molar-refractivity contribution in [2.75, 3.05) is 23.7 Å². The number of carbonyl (C=O) groups is 3. The van der Waals surface area contributed by atoms with Gasteiger partial charge in [-0.1, -0.05) is 29.8 Å². The Morgan fingerprint density at radius 1 is 0.892 bits per heavy atom. The SMILES string of the molecule is O=C(Cn1nc(C(=O)Nc2ccc(C(=O)N3CCCCC3)cc2)c2ccccc21)Nc1ccc(Cl)cn1. The van der Waals surface area contributed by atoms with Crippen LogP contribution in [0.4, 0.5) is 11.5 Å². The van der Waals surface area contributed by atoms with Crippen LogP contribution < -0.4 is 10.6 Å². The Kier molecular flexibility index (Phi) is 7.14. The lowest BCUT2D eigenvalue weighted by molar-refractivity contribution is -0.116. The second-order valence-corrected chi connectivity index (χ2v) is 9.25. The quantitative estimate of drug-likeness (QED) is 0.389. The molecule has 188 valence electrons. The van der Waals surface area contributed by atoms with Gasteiger partial charge in [-0.25, -0.2) is 4.98 Å². The fourth-order valence-corrected chi connectivity index (χ4v) is 4.46. The number of likely N-dealkylation sites (tertiary alicyclic amines) is 1. The van der Waals surface area contributed by atoms with Crippen molar-refractivity contribution in [2.45, 2.75) is 25.8 Å². The monoisotopic (exact) mass is 516 g/mol. The van der Waals surface area contributed by atoms with Crippen molar-refractivity contribution >= 4 is 51.7 Å². The molecule has 2 aromatic carbocycles. The number of fused-ring (bicyclic) bond motifs is 1. The Morgan fingerprint density at radius 3 is 2.38 bits per heavy atom. The maximum absolute atomic E-state index is 13.1. The van der Waals surface area contributed by atoms with Crippen molar-refractivity contribution in [3.8, 4) is 0 Å². The van der Waals surface area contributed by atoms with Crippen LogP contribution in [-0.4, -0.2) is 50.5 Å². The summed E-state index contributed by atoms with van der Waals surface area (Å²) in [6.07, 6.45) is 4.66. The summed E-state index contributed by atoms with van der Waals surface area (Å²) in [5.74, 6) is -0.380. The van der Waals surface area contributed by atoms with Crippen molar-refractivity contribution in [3.05, 3.63) is 83.1 Å². The summed E-state index contributed by atoms with van der Waals surface area (Å²) < 4.78 is 1.48. The molecule has 0 bridgehead atoms. The smallest absolute Gasteiger partial charge is 0.276 e. The Balaban J connectivity index is 1.29. The summed E-state index contributed by atoms with van der Waals surface area (Å²) in [5, 5.41) is 11.1. The molecule has 0 atom stereocenters. The molecule has 0 saturated carbocycles. The van der Waals surface area contributed by atoms with E-state index in [4.69, 9.17) is 11.6 Å². The minimum atomic E-state index is -0.412. The zero-order valence-electron chi connectivity index (χ0n) is 20.0.